The van der Waals surface area contributed by atoms with E-state index in [1.54, 1.807) is 0 Å². The molecule has 0 aliphatic heterocycles. The first-order valence-corrected chi connectivity index (χ1v) is 7.56. The zero-order valence-corrected chi connectivity index (χ0v) is 13.9. The van der Waals surface area contributed by atoms with Crippen molar-refractivity contribution in [3.63, 3.8) is 0 Å². The quantitative estimate of drug-likeness (QED) is 0.592. The molecule has 2 rings (SSSR count). The molecule has 7 nitrogen and oxygen atoms in total. The first-order chi connectivity index (χ1) is 8.21. The van der Waals surface area contributed by atoms with Gasteiger partial charge in [-0.1, -0.05) is 24.3 Å². The molecule has 0 saturated heterocycles. The third-order valence-corrected chi connectivity index (χ3v) is 4.22. The molecule has 4 N–H and O–H groups in total. The van der Waals surface area contributed by atoms with Crippen LogP contribution in [-0.4, -0.2) is 61.0 Å². The molecule has 105 valence electrons. The van der Waals surface area contributed by atoms with Crippen molar-refractivity contribution in [2.45, 2.75) is 9.79 Å². The van der Waals surface area contributed by atoms with Crippen LogP contribution in [0.25, 0.3) is 10.8 Å². The molecule has 0 heterocycles. The van der Waals surface area contributed by atoms with Gasteiger partial charge in [0.1, 0.15) is 9.79 Å². The molecule has 0 aromatic heterocycles. The Labute approximate surface area is 137 Å². The van der Waals surface area contributed by atoms with E-state index < -0.39 is 30.0 Å². The third-order valence-electron chi connectivity index (χ3n) is 2.40. The number of rotatable bonds is 2. The monoisotopic (exact) mass is 329 g/mol. The van der Waals surface area contributed by atoms with Crippen LogP contribution in [-0.2, 0) is 20.2 Å². The molecular formula is C10H10NaO7S2. The maximum absolute atomic E-state index is 11.2. The smallest absolute Gasteiger partial charge is 0.295 e. The van der Waals surface area contributed by atoms with E-state index in [9.17, 15) is 16.8 Å². The van der Waals surface area contributed by atoms with E-state index in [2.05, 4.69) is 0 Å². The first kappa shape index (κ1) is 19.5. The number of fused-ring (bicyclic) bond motifs is 1. The average Bonchev–Trinajstić information content (AvgIpc) is 2.24. The SMILES string of the molecule is O.O=S(=O)(O)c1cccc2c(S(=O)(=O)O)cccc12.[Na]. The number of benzene rings is 2. The van der Waals surface area contributed by atoms with E-state index in [1.807, 2.05) is 0 Å². The largest absolute Gasteiger partial charge is 0.412 e. The van der Waals surface area contributed by atoms with Crippen molar-refractivity contribution in [1.29, 1.82) is 0 Å². The topological polar surface area (TPSA) is 140 Å². The molecule has 1 radical (unpaired) electrons. The molecule has 10 heteroatoms. The minimum atomic E-state index is -4.47. The molecule has 2 aromatic carbocycles. The fourth-order valence-corrected chi connectivity index (χ4v) is 3.12. The zero-order valence-electron chi connectivity index (χ0n) is 10.3. The molecule has 20 heavy (non-hydrogen) atoms. The van der Waals surface area contributed by atoms with Crippen LogP contribution < -0.4 is 0 Å². The van der Waals surface area contributed by atoms with Crippen LogP contribution >= 0.6 is 0 Å². The molecule has 0 atom stereocenters. The summed E-state index contributed by atoms with van der Waals surface area (Å²) in [5.41, 5.74) is 0. The van der Waals surface area contributed by atoms with Crippen LogP contribution in [0.15, 0.2) is 46.2 Å². The Morgan fingerprint density at radius 1 is 0.700 bits per heavy atom. The van der Waals surface area contributed by atoms with Gasteiger partial charge in [-0.05, 0) is 12.1 Å². The molecule has 0 aliphatic carbocycles. The van der Waals surface area contributed by atoms with Gasteiger partial charge >= 0.3 is 0 Å². The average molecular weight is 329 g/mol. The van der Waals surface area contributed by atoms with Crippen molar-refractivity contribution in [3.05, 3.63) is 36.4 Å². The second-order valence-electron chi connectivity index (χ2n) is 3.56. The van der Waals surface area contributed by atoms with Gasteiger partial charge in [0.05, 0.1) is 0 Å². The van der Waals surface area contributed by atoms with Crippen LogP contribution in [0, 0.1) is 0 Å². The van der Waals surface area contributed by atoms with Gasteiger partial charge in [0.2, 0.25) is 0 Å². The summed E-state index contributed by atoms with van der Waals surface area (Å²) in [7, 11) is -8.94. The van der Waals surface area contributed by atoms with Crippen molar-refractivity contribution in [2.24, 2.45) is 0 Å². The summed E-state index contributed by atoms with van der Waals surface area (Å²) in [5.74, 6) is 0. The predicted octanol–water partition coefficient (Wildman–Crippen LogP) is 0.128. The molecule has 0 fully saturated rings. The van der Waals surface area contributed by atoms with Gasteiger partial charge < -0.3 is 5.48 Å². The fourth-order valence-electron chi connectivity index (χ4n) is 1.70. The van der Waals surface area contributed by atoms with Crippen LogP contribution in [0.2, 0.25) is 0 Å². The summed E-state index contributed by atoms with van der Waals surface area (Å²) < 4.78 is 62.7. The zero-order chi connectivity index (χ0) is 13.6. The summed E-state index contributed by atoms with van der Waals surface area (Å²) in [4.78, 5) is -0.823. The van der Waals surface area contributed by atoms with Gasteiger partial charge in [0.15, 0.2) is 0 Å². The van der Waals surface area contributed by atoms with E-state index in [1.165, 1.54) is 24.3 Å². The van der Waals surface area contributed by atoms with E-state index in [-0.39, 0.29) is 45.8 Å². The molecule has 2 aromatic rings. The van der Waals surface area contributed by atoms with E-state index in [0.29, 0.717) is 0 Å². The van der Waals surface area contributed by atoms with Crippen molar-refractivity contribution < 1.29 is 31.4 Å². The first-order valence-electron chi connectivity index (χ1n) is 4.68. The van der Waals surface area contributed by atoms with Crippen molar-refractivity contribution in [2.75, 3.05) is 0 Å². The van der Waals surface area contributed by atoms with Gasteiger partial charge in [-0.25, -0.2) is 0 Å². The number of hydrogen-bond acceptors (Lipinski definition) is 4. The molecule has 0 unspecified atom stereocenters. The number of hydrogen-bond donors (Lipinski definition) is 2. The molecule has 0 saturated carbocycles. The van der Waals surface area contributed by atoms with Crippen LogP contribution in [0.1, 0.15) is 0 Å². The summed E-state index contributed by atoms with van der Waals surface area (Å²) in [5, 5.41) is 0.0465. The summed E-state index contributed by atoms with van der Waals surface area (Å²) in [6, 6.07) is 7.53. The standard InChI is InChI=1S/C10H8O6S2.Na.H2O/c11-17(12,13)9-5-1-3-7-8(9)4-2-6-10(7)18(14,15)16;;/h1-6H,(H,11,12,13)(H,14,15,16);;1H2. The van der Waals surface area contributed by atoms with Crippen molar-refractivity contribution >= 4 is 60.6 Å². The molecular weight excluding hydrogens is 319 g/mol. The molecule has 0 bridgehead atoms. The van der Waals surface area contributed by atoms with Crippen LogP contribution in [0.5, 0.6) is 0 Å². The van der Waals surface area contributed by atoms with Crippen LogP contribution in [0.4, 0.5) is 0 Å². The molecule has 0 spiro atoms. The van der Waals surface area contributed by atoms with Crippen molar-refractivity contribution in [3.8, 4) is 0 Å². The fraction of sp³-hybridized carbons (Fsp3) is 0. The summed E-state index contributed by atoms with van der Waals surface area (Å²) in [6.45, 7) is 0. The minimum Gasteiger partial charge on any atom is -0.412 e. The van der Waals surface area contributed by atoms with Gasteiger partial charge in [0.25, 0.3) is 20.2 Å². The van der Waals surface area contributed by atoms with Crippen LogP contribution in [0.3, 0.4) is 0 Å². The Morgan fingerprint density at radius 3 is 1.25 bits per heavy atom. The van der Waals surface area contributed by atoms with Gasteiger partial charge in [-0.3, -0.25) is 9.11 Å². The Bertz CT molecular complexity index is 757. The Balaban J connectivity index is 0.00000180. The van der Waals surface area contributed by atoms with E-state index >= 15 is 0 Å². The Hall–Kier alpha value is -0.520. The second-order valence-corrected chi connectivity index (χ2v) is 6.34. The van der Waals surface area contributed by atoms with Crippen molar-refractivity contribution in [1.82, 2.24) is 0 Å². The summed E-state index contributed by atoms with van der Waals surface area (Å²) >= 11 is 0. The Kier molecular flexibility index (Phi) is 6.33. The molecule has 0 amide bonds. The molecule has 0 aliphatic rings. The second kappa shape index (κ2) is 6.50. The van der Waals surface area contributed by atoms with Gasteiger partial charge in [0, 0.05) is 40.3 Å². The van der Waals surface area contributed by atoms with Gasteiger partial charge in [-0.2, -0.15) is 16.8 Å². The van der Waals surface area contributed by atoms with E-state index in [0.717, 1.165) is 12.1 Å². The maximum atomic E-state index is 11.2. The Morgan fingerprint density at radius 2 is 1.00 bits per heavy atom. The predicted molar refractivity (Wildman–Crippen MR) is 72.9 cm³/mol. The van der Waals surface area contributed by atoms with E-state index in [4.69, 9.17) is 9.11 Å². The summed E-state index contributed by atoms with van der Waals surface area (Å²) in [6.07, 6.45) is 0. The minimum absolute atomic E-state index is 0. The normalized spacial score (nSPS) is 11.5. The van der Waals surface area contributed by atoms with Gasteiger partial charge in [-0.15, -0.1) is 0 Å². The maximum Gasteiger partial charge on any atom is 0.295 e. The third kappa shape index (κ3) is 3.77.